The van der Waals surface area contributed by atoms with E-state index in [9.17, 15) is 8.42 Å². The Balaban J connectivity index is 1.96. The molecule has 2 rings (SSSR count). The third kappa shape index (κ3) is 3.94. The largest absolute Gasteiger partial charge is 0.384 e. The summed E-state index contributed by atoms with van der Waals surface area (Å²) < 4.78 is 22.3. The Kier molecular flexibility index (Phi) is 4.16. The molecule has 1 aliphatic carbocycles. The molecule has 0 atom stereocenters. The fraction of sp³-hybridized carbons (Fsp3) is 0.571. The minimum Gasteiger partial charge on any atom is -0.384 e. The summed E-state index contributed by atoms with van der Waals surface area (Å²) in [5.74, 6) is 0. The van der Waals surface area contributed by atoms with Crippen LogP contribution in [0.3, 0.4) is 0 Å². The van der Waals surface area contributed by atoms with Crippen LogP contribution in [0.5, 0.6) is 0 Å². The number of primary sulfonamides is 1. The highest BCUT2D eigenvalue weighted by Crippen LogP contribution is 2.35. The number of anilines is 1. The number of benzene rings is 1. The maximum atomic E-state index is 11.2. The molecule has 0 unspecified atom stereocenters. The topological polar surface area (TPSA) is 72.2 Å². The van der Waals surface area contributed by atoms with Gasteiger partial charge in [0, 0.05) is 12.2 Å². The van der Waals surface area contributed by atoms with Gasteiger partial charge in [-0.2, -0.15) is 0 Å². The van der Waals surface area contributed by atoms with E-state index in [-0.39, 0.29) is 4.90 Å². The van der Waals surface area contributed by atoms with E-state index >= 15 is 0 Å². The molecule has 1 fully saturated rings. The number of hydrogen-bond acceptors (Lipinski definition) is 3. The molecule has 0 heterocycles. The molecule has 1 aromatic carbocycles. The van der Waals surface area contributed by atoms with E-state index in [0.717, 1.165) is 12.2 Å². The van der Waals surface area contributed by atoms with Crippen LogP contribution in [0.4, 0.5) is 5.69 Å². The lowest BCUT2D eigenvalue weighted by molar-refractivity contribution is 0.233. The molecule has 1 saturated carbocycles. The molecule has 1 aliphatic rings. The van der Waals surface area contributed by atoms with Crippen molar-refractivity contribution in [3.05, 3.63) is 24.3 Å². The minimum absolute atomic E-state index is 0.155. The van der Waals surface area contributed by atoms with E-state index in [4.69, 9.17) is 5.14 Å². The van der Waals surface area contributed by atoms with E-state index < -0.39 is 10.0 Å². The lowest BCUT2D eigenvalue weighted by Crippen LogP contribution is -2.28. The van der Waals surface area contributed by atoms with Crippen LogP contribution in [0.15, 0.2) is 29.2 Å². The normalized spacial score (nSPS) is 19.1. The van der Waals surface area contributed by atoms with Crippen LogP contribution in [-0.4, -0.2) is 15.0 Å². The van der Waals surface area contributed by atoms with E-state index in [1.54, 1.807) is 24.3 Å². The molecule has 0 saturated heterocycles. The van der Waals surface area contributed by atoms with E-state index in [2.05, 4.69) is 12.2 Å². The Bertz CT molecular complexity index is 517. The molecular weight excluding hydrogens is 260 g/mol. The fourth-order valence-electron chi connectivity index (χ4n) is 2.66. The summed E-state index contributed by atoms with van der Waals surface area (Å²) in [6.07, 6.45) is 6.48. The zero-order valence-electron chi connectivity index (χ0n) is 11.4. The summed E-state index contributed by atoms with van der Waals surface area (Å²) in [5.41, 5.74) is 1.30. The van der Waals surface area contributed by atoms with Crippen molar-refractivity contribution in [3.63, 3.8) is 0 Å². The van der Waals surface area contributed by atoms with Gasteiger partial charge in [-0.15, -0.1) is 0 Å². The molecule has 1 aromatic rings. The lowest BCUT2D eigenvalue weighted by atomic mass is 9.76. The van der Waals surface area contributed by atoms with E-state index in [1.807, 2.05) is 0 Å². The first-order valence-corrected chi connectivity index (χ1v) is 8.31. The summed E-state index contributed by atoms with van der Waals surface area (Å²) in [4.78, 5) is 0.155. The second-order valence-corrected chi connectivity index (χ2v) is 7.36. The molecule has 4 nitrogen and oxygen atoms in total. The van der Waals surface area contributed by atoms with Gasteiger partial charge in [0.1, 0.15) is 0 Å². The number of hydrogen-bond donors (Lipinski definition) is 2. The van der Waals surface area contributed by atoms with Crippen molar-refractivity contribution >= 4 is 15.7 Å². The van der Waals surface area contributed by atoms with Gasteiger partial charge in [0.15, 0.2) is 0 Å². The summed E-state index contributed by atoms with van der Waals surface area (Å²) in [6.45, 7) is 3.25. The minimum atomic E-state index is -3.59. The third-order valence-electron chi connectivity index (χ3n) is 3.96. The second kappa shape index (κ2) is 5.51. The van der Waals surface area contributed by atoms with Crippen molar-refractivity contribution in [1.29, 1.82) is 0 Å². The molecule has 0 spiro atoms. The van der Waals surface area contributed by atoms with Crippen LogP contribution < -0.4 is 10.5 Å². The van der Waals surface area contributed by atoms with Crippen molar-refractivity contribution in [1.82, 2.24) is 0 Å². The molecule has 0 radical (unpaired) electrons. The first-order chi connectivity index (χ1) is 8.89. The van der Waals surface area contributed by atoms with Gasteiger partial charge in [-0.25, -0.2) is 13.6 Å². The number of nitrogens with two attached hydrogens (primary N) is 1. The van der Waals surface area contributed by atoms with Gasteiger partial charge >= 0.3 is 0 Å². The van der Waals surface area contributed by atoms with Gasteiger partial charge in [-0.1, -0.05) is 26.2 Å². The average molecular weight is 282 g/mol. The number of nitrogens with one attached hydrogen (secondary N) is 1. The molecule has 5 heteroatoms. The predicted octanol–water partition coefficient (Wildman–Crippen LogP) is 2.72. The van der Waals surface area contributed by atoms with Gasteiger partial charge < -0.3 is 5.32 Å². The van der Waals surface area contributed by atoms with Crippen molar-refractivity contribution in [2.24, 2.45) is 10.6 Å². The van der Waals surface area contributed by atoms with Gasteiger partial charge in [-0.3, -0.25) is 0 Å². The summed E-state index contributed by atoms with van der Waals surface area (Å²) in [6, 6.07) is 6.62. The van der Waals surface area contributed by atoms with Crippen LogP contribution in [0.2, 0.25) is 0 Å². The monoisotopic (exact) mass is 282 g/mol. The number of sulfonamides is 1. The molecule has 106 valence electrons. The fourth-order valence-corrected chi connectivity index (χ4v) is 3.18. The Morgan fingerprint density at radius 1 is 1.16 bits per heavy atom. The maximum Gasteiger partial charge on any atom is 0.238 e. The predicted molar refractivity (Wildman–Crippen MR) is 77.5 cm³/mol. The Hall–Kier alpha value is -1.07. The van der Waals surface area contributed by atoms with E-state index in [1.165, 1.54) is 32.1 Å². The average Bonchev–Trinajstić information content (AvgIpc) is 2.37. The summed E-state index contributed by atoms with van der Waals surface area (Å²) >= 11 is 0. The Morgan fingerprint density at radius 2 is 1.74 bits per heavy atom. The highest BCUT2D eigenvalue weighted by molar-refractivity contribution is 7.89. The molecule has 0 aromatic heterocycles. The van der Waals surface area contributed by atoms with Gasteiger partial charge in [0.25, 0.3) is 0 Å². The molecular formula is C14H22N2O2S. The van der Waals surface area contributed by atoms with Crippen molar-refractivity contribution in [2.45, 2.75) is 43.9 Å². The lowest BCUT2D eigenvalue weighted by Gasteiger charge is -2.34. The quantitative estimate of drug-likeness (QED) is 0.892. The maximum absolute atomic E-state index is 11.2. The molecule has 3 N–H and O–H groups in total. The van der Waals surface area contributed by atoms with Crippen LogP contribution in [-0.2, 0) is 10.0 Å². The second-order valence-electron chi connectivity index (χ2n) is 5.79. The molecule has 0 bridgehead atoms. The highest BCUT2D eigenvalue weighted by Gasteiger charge is 2.26. The van der Waals surface area contributed by atoms with Crippen molar-refractivity contribution in [2.75, 3.05) is 11.9 Å². The van der Waals surface area contributed by atoms with Crippen LogP contribution in [0.25, 0.3) is 0 Å². The molecule has 0 amide bonds. The van der Waals surface area contributed by atoms with E-state index in [0.29, 0.717) is 5.41 Å². The van der Waals surface area contributed by atoms with Crippen LogP contribution in [0.1, 0.15) is 39.0 Å². The highest BCUT2D eigenvalue weighted by atomic mass is 32.2. The smallest absolute Gasteiger partial charge is 0.238 e. The van der Waals surface area contributed by atoms with Gasteiger partial charge in [0.2, 0.25) is 10.0 Å². The van der Waals surface area contributed by atoms with Crippen molar-refractivity contribution < 1.29 is 8.42 Å². The summed E-state index contributed by atoms with van der Waals surface area (Å²) in [5, 5.41) is 8.47. The standard InChI is InChI=1S/C14H22N2O2S/c1-14(9-3-2-4-10-14)11-16-12-5-7-13(8-6-12)19(15,17)18/h5-8,16H,2-4,9-11H2,1H3,(H2,15,17,18). The summed E-state index contributed by atoms with van der Waals surface area (Å²) in [7, 11) is -3.59. The molecule has 0 aliphatic heterocycles. The van der Waals surface area contributed by atoms with Gasteiger partial charge in [0.05, 0.1) is 4.90 Å². The zero-order valence-corrected chi connectivity index (χ0v) is 12.2. The first kappa shape index (κ1) is 14.3. The van der Waals surface area contributed by atoms with Crippen molar-refractivity contribution in [3.8, 4) is 0 Å². The Labute approximate surface area is 115 Å². The SMILES string of the molecule is CC1(CNc2ccc(S(N)(=O)=O)cc2)CCCCC1. The van der Waals surface area contributed by atoms with Gasteiger partial charge in [-0.05, 0) is 42.5 Å². The third-order valence-corrected chi connectivity index (χ3v) is 4.89. The number of rotatable bonds is 4. The van der Waals surface area contributed by atoms with Crippen LogP contribution in [0, 0.1) is 5.41 Å². The molecule has 19 heavy (non-hydrogen) atoms. The first-order valence-electron chi connectivity index (χ1n) is 6.76. The Morgan fingerprint density at radius 3 is 2.26 bits per heavy atom. The van der Waals surface area contributed by atoms with Crippen LogP contribution >= 0.6 is 0 Å². The zero-order chi connectivity index (χ0) is 13.9.